The summed E-state index contributed by atoms with van der Waals surface area (Å²) >= 11 is 1.73. The molecule has 118 valence electrons. The van der Waals surface area contributed by atoms with Gasteiger partial charge in [-0.15, -0.1) is 11.3 Å². The van der Waals surface area contributed by atoms with Crippen molar-refractivity contribution in [2.75, 3.05) is 6.54 Å². The van der Waals surface area contributed by atoms with Crippen LogP contribution in [0.2, 0.25) is 0 Å². The highest BCUT2D eigenvalue weighted by molar-refractivity contribution is 7.11. The van der Waals surface area contributed by atoms with E-state index < -0.39 is 0 Å². The first-order chi connectivity index (χ1) is 10.2. The van der Waals surface area contributed by atoms with Crippen molar-refractivity contribution in [3.8, 4) is 0 Å². The predicted molar refractivity (Wildman–Crippen MR) is 87.7 cm³/mol. The lowest BCUT2D eigenvalue weighted by atomic mass is 9.93. The molecule has 1 aromatic heterocycles. The van der Waals surface area contributed by atoms with E-state index in [9.17, 15) is 5.11 Å². The van der Waals surface area contributed by atoms with Crippen molar-refractivity contribution in [2.24, 2.45) is 4.99 Å². The molecule has 21 heavy (non-hydrogen) atoms. The molecule has 6 heteroatoms. The molecule has 1 aromatic rings. The van der Waals surface area contributed by atoms with Gasteiger partial charge in [-0.1, -0.05) is 6.92 Å². The summed E-state index contributed by atoms with van der Waals surface area (Å²) in [7, 11) is 0. The Hall–Kier alpha value is -1.14. The first kappa shape index (κ1) is 16.2. The van der Waals surface area contributed by atoms with Crippen molar-refractivity contribution in [3.05, 3.63) is 16.1 Å². The summed E-state index contributed by atoms with van der Waals surface area (Å²) in [4.78, 5) is 10.3. The number of nitrogens with one attached hydrogen (secondary N) is 2. The SMILES string of the molecule is CCNC(=NCc1ncc(CC)s1)NC1CCC(O)CC1. The lowest BCUT2D eigenvalue weighted by Crippen LogP contribution is -2.45. The van der Waals surface area contributed by atoms with Gasteiger partial charge in [0.15, 0.2) is 5.96 Å². The van der Waals surface area contributed by atoms with E-state index in [1.165, 1.54) is 4.88 Å². The molecule has 5 nitrogen and oxygen atoms in total. The minimum absolute atomic E-state index is 0.120. The van der Waals surface area contributed by atoms with Gasteiger partial charge in [-0.2, -0.15) is 0 Å². The van der Waals surface area contributed by atoms with Crippen molar-refractivity contribution < 1.29 is 5.11 Å². The number of hydrogen-bond donors (Lipinski definition) is 3. The minimum atomic E-state index is -0.120. The standard InChI is InChI=1S/C15H26N4OS/c1-3-13-9-17-14(21-13)10-18-15(16-4-2)19-11-5-7-12(20)8-6-11/h9,11-12,20H,3-8,10H2,1-2H3,(H2,16,18,19). The van der Waals surface area contributed by atoms with Gasteiger partial charge < -0.3 is 15.7 Å². The van der Waals surface area contributed by atoms with Gasteiger partial charge in [-0.3, -0.25) is 0 Å². The molecule has 0 amide bonds. The molecule has 2 rings (SSSR count). The largest absolute Gasteiger partial charge is 0.393 e. The van der Waals surface area contributed by atoms with Crippen LogP contribution in [-0.4, -0.2) is 34.7 Å². The maximum Gasteiger partial charge on any atom is 0.191 e. The van der Waals surface area contributed by atoms with Gasteiger partial charge in [0.05, 0.1) is 12.6 Å². The van der Waals surface area contributed by atoms with Crippen molar-refractivity contribution in [2.45, 2.75) is 64.6 Å². The third-order valence-corrected chi connectivity index (χ3v) is 4.83. The molecule has 3 N–H and O–H groups in total. The van der Waals surface area contributed by atoms with E-state index in [0.29, 0.717) is 12.6 Å². The normalized spacial score (nSPS) is 23.1. The maximum absolute atomic E-state index is 9.56. The van der Waals surface area contributed by atoms with Crippen LogP contribution < -0.4 is 10.6 Å². The number of aliphatic hydroxyl groups excluding tert-OH is 1. The van der Waals surface area contributed by atoms with E-state index in [0.717, 1.165) is 49.6 Å². The molecule has 0 aromatic carbocycles. The highest BCUT2D eigenvalue weighted by atomic mass is 32.1. The molecule has 0 spiro atoms. The molecule has 0 saturated heterocycles. The quantitative estimate of drug-likeness (QED) is 0.575. The van der Waals surface area contributed by atoms with Crippen molar-refractivity contribution in [1.29, 1.82) is 0 Å². The Bertz CT molecular complexity index is 452. The lowest BCUT2D eigenvalue weighted by Gasteiger charge is -2.27. The third-order valence-electron chi connectivity index (χ3n) is 3.70. The molecule has 1 aliphatic rings. The summed E-state index contributed by atoms with van der Waals surface area (Å²) < 4.78 is 0. The van der Waals surface area contributed by atoms with E-state index in [-0.39, 0.29) is 6.10 Å². The fourth-order valence-electron chi connectivity index (χ4n) is 2.46. The molecule has 0 aliphatic heterocycles. The number of nitrogens with zero attached hydrogens (tertiary/aromatic N) is 2. The highest BCUT2D eigenvalue weighted by Gasteiger charge is 2.19. The fourth-order valence-corrected chi connectivity index (χ4v) is 3.25. The molecular weight excluding hydrogens is 284 g/mol. The van der Waals surface area contributed by atoms with E-state index in [1.807, 2.05) is 6.20 Å². The fraction of sp³-hybridized carbons (Fsp3) is 0.733. The minimum Gasteiger partial charge on any atom is -0.393 e. The monoisotopic (exact) mass is 310 g/mol. The number of hydrogen-bond acceptors (Lipinski definition) is 4. The zero-order valence-corrected chi connectivity index (χ0v) is 13.7. The van der Waals surface area contributed by atoms with Gasteiger partial charge in [-0.25, -0.2) is 9.98 Å². The molecule has 0 bridgehead atoms. The first-order valence-corrected chi connectivity index (χ1v) is 8.69. The number of rotatable bonds is 5. The van der Waals surface area contributed by atoms with Gasteiger partial charge in [0.25, 0.3) is 0 Å². The zero-order chi connectivity index (χ0) is 15.1. The third kappa shape index (κ3) is 5.28. The zero-order valence-electron chi connectivity index (χ0n) is 12.9. The first-order valence-electron chi connectivity index (χ1n) is 7.87. The summed E-state index contributed by atoms with van der Waals surface area (Å²) in [6.45, 7) is 5.68. The summed E-state index contributed by atoms with van der Waals surface area (Å²) in [6, 6.07) is 0.411. The van der Waals surface area contributed by atoms with Crippen LogP contribution in [0.25, 0.3) is 0 Å². The molecular formula is C15H26N4OS. The van der Waals surface area contributed by atoms with Gasteiger partial charge in [-0.05, 0) is 39.0 Å². The summed E-state index contributed by atoms with van der Waals surface area (Å²) in [5.74, 6) is 0.854. The van der Waals surface area contributed by atoms with Crippen LogP contribution in [0.15, 0.2) is 11.2 Å². The number of aliphatic hydroxyl groups is 1. The van der Waals surface area contributed by atoms with Crippen LogP contribution in [0.3, 0.4) is 0 Å². The van der Waals surface area contributed by atoms with Gasteiger partial charge in [0.1, 0.15) is 5.01 Å². The van der Waals surface area contributed by atoms with E-state index in [2.05, 4.69) is 34.5 Å². The van der Waals surface area contributed by atoms with Crippen LogP contribution in [0.4, 0.5) is 0 Å². The molecule has 1 saturated carbocycles. The lowest BCUT2D eigenvalue weighted by molar-refractivity contribution is 0.120. The van der Waals surface area contributed by atoms with Crippen molar-refractivity contribution in [1.82, 2.24) is 15.6 Å². The molecule has 0 unspecified atom stereocenters. The Morgan fingerprint density at radius 1 is 1.38 bits per heavy atom. The molecule has 1 fully saturated rings. The number of thiazole rings is 1. The van der Waals surface area contributed by atoms with Gasteiger partial charge >= 0.3 is 0 Å². The van der Waals surface area contributed by atoms with Crippen LogP contribution in [-0.2, 0) is 13.0 Å². The van der Waals surface area contributed by atoms with E-state index >= 15 is 0 Å². The average molecular weight is 310 g/mol. The highest BCUT2D eigenvalue weighted by Crippen LogP contribution is 2.18. The Kier molecular flexibility index (Phi) is 6.45. The Labute approximate surface area is 130 Å². The summed E-state index contributed by atoms with van der Waals surface area (Å²) in [5, 5.41) is 17.4. The van der Waals surface area contributed by atoms with Crippen LogP contribution >= 0.6 is 11.3 Å². The van der Waals surface area contributed by atoms with Crippen molar-refractivity contribution in [3.63, 3.8) is 0 Å². The van der Waals surface area contributed by atoms with E-state index in [4.69, 9.17) is 0 Å². The number of guanidine groups is 1. The van der Waals surface area contributed by atoms with Crippen LogP contribution in [0, 0.1) is 0 Å². The second kappa shape index (κ2) is 8.34. The topological polar surface area (TPSA) is 69.5 Å². The van der Waals surface area contributed by atoms with E-state index in [1.54, 1.807) is 11.3 Å². The smallest absolute Gasteiger partial charge is 0.191 e. The molecule has 0 atom stereocenters. The molecule has 1 heterocycles. The second-order valence-corrected chi connectivity index (χ2v) is 6.62. The number of aromatic nitrogens is 1. The number of aliphatic imine (C=N–C) groups is 1. The molecule has 1 aliphatic carbocycles. The Balaban J connectivity index is 1.89. The average Bonchev–Trinajstić information content (AvgIpc) is 2.95. The summed E-state index contributed by atoms with van der Waals surface area (Å²) in [6.07, 6.45) is 6.62. The van der Waals surface area contributed by atoms with Crippen LogP contribution in [0.5, 0.6) is 0 Å². The van der Waals surface area contributed by atoms with Gasteiger partial charge in [0, 0.05) is 23.7 Å². The molecule has 0 radical (unpaired) electrons. The van der Waals surface area contributed by atoms with Crippen molar-refractivity contribution >= 4 is 17.3 Å². The Morgan fingerprint density at radius 2 is 2.14 bits per heavy atom. The number of aryl methyl sites for hydroxylation is 1. The Morgan fingerprint density at radius 3 is 2.76 bits per heavy atom. The van der Waals surface area contributed by atoms with Gasteiger partial charge in [0.2, 0.25) is 0 Å². The van der Waals surface area contributed by atoms with Crippen LogP contribution in [0.1, 0.15) is 49.4 Å². The second-order valence-electron chi connectivity index (χ2n) is 5.42. The maximum atomic E-state index is 9.56. The predicted octanol–water partition coefficient (Wildman–Crippen LogP) is 2.06. The summed E-state index contributed by atoms with van der Waals surface area (Å²) in [5.41, 5.74) is 0.